The van der Waals surface area contributed by atoms with Crippen molar-refractivity contribution >= 4 is 52.7 Å². The maximum absolute atomic E-state index is 13.1. The predicted octanol–water partition coefficient (Wildman–Crippen LogP) is 4.34. The minimum atomic E-state index is -2.25. The molecule has 0 unspecified atom stereocenters. The SMILES string of the molecule is N#Cc1ccc(NC(=O)[C@H](OC(=O)c2ccccc2Cl)[C@@H](OC(=O)c2ccccc2Cl)C(=O)O)cc1. The van der Waals surface area contributed by atoms with Crippen molar-refractivity contribution < 1.29 is 33.8 Å². The van der Waals surface area contributed by atoms with Gasteiger partial charge < -0.3 is 19.9 Å². The van der Waals surface area contributed by atoms with Crippen molar-refractivity contribution in [2.45, 2.75) is 12.2 Å². The van der Waals surface area contributed by atoms with Crippen molar-refractivity contribution in [3.05, 3.63) is 99.5 Å². The first-order valence-corrected chi connectivity index (χ1v) is 10.9. The molecule has 0 spiro atoms. The Labute approximate surface area is 214 Å². The number of esters is 2. The van der Waals surface area contributed by atoms with Gasteiger partial charge >= 0.3 is 17.9 Å². The van der Waals surface area contributed by atoms with Gasteiger partial charge in [-0.05, 0) is 48.5 Å². The highest BCUT2D eigenvalue weighted by molar-refractivity contribution is 6.34. The van der Waals surface area contributed by atoms with E-state index in [1.165, 1.54) is 60.7 Å². The molecule has 2 N–H and O–H groups in total. The maximum Gasteiger partial charge on any atom is 0.349 e. The molecular weight excluding hydrogens is 511 g/mol. The summed E-state index contributed by atoms with van der Waals surface area (Å²) >= 11 is 12.0. The van der Waals surface area contributed by atoms with E-state index in [-0.39, 0.29) is 26.9 Å². The number of carboxylic acids is 1. The molecule has 0 aliphatic carbocycles. The lowest BCUT2D eigenvalue weighted by molar-refractivity contribution is -0.157. The number of rotatable bonds is 8. The van der Waals surface area contributed by atoms with Crippen LogP contribution >= 0.6 is 23.2 Å². The second-order valence-corrected chi connectivity index (χ2v) is 7.94. The number of amides is 1. The van der Waals surface area contributed by atoms with Crippen LogP contribution < -0.4 is 5.32 Å². The van der Waals surface area contributed by atoms with Gasteiger partial charge in [0.15, 0.2) is 0 Å². The molecule has 0 fully saturated rings. The normalized spacial score (nSPS) is 11.9. The Morgan fingerprint density at radius 2 is 1.25 bits per heavy atom. The van der Waals surface area contributed by atoms with Crippen molar-refractivity contribution in [1.82, 2.24) is 0 Å². The van der Waals surface area contributed by atoms with Crippen LogP contribution in [0.4, 0.5) is 5.69 Å². The Kier molecular flexibility index (Phi) is 8.62. The Bertz CT molecular complexity index is 1350. The predicted molar refractivity (Wildman–Crippen MR) is 129 cm³/mol. The number of benzene rings is 3. The molecule has 0 saturated carbocycles. The summed E-state index contributed by atoms with van der Waals surface area (Å²) in [5.74, 6) is -5.15. The Morgan fingerprint density at radius 3 is 1.69 bits per heavy atom. The molecule has 3 aromatic rings. The third-order valence-corrected chi connectivity index (χ3v) is 5.37. The summed E-state index contributed by atoms with van der Waals surface area (Å²) < 4.78 is 10.3. The first-order valence-electron chi connectivity index (χ1n) is 10.2. The molecule has 2 atom stereocenters. The van der Waals surface area contributed by atoms with Crippen LogP contribution in [0.25, 0.3) is 0 Å². The maximum atomic E-state index is 13.1. The lowest BCUT2D eigenvalue weighted by Crippen LogP contribution is -2.48. The van der Waals surface area contributed by atoms with Crippen molar-refractivity contribution in [2.75, 3.05) is 5.32 Å². The van der Waals surface area contributed by atoms with Gasteiger partial charge in [0.05, 0.1) is 32.8 Å². The molecule has 3 rings (SSSR count). The van der Waals surface area contributed by atoms with Crippen molar-refractivity contribution in [1.29, 1.82) is 5.26 Å². The summed E-state index contributed by atoms with van der Waals surface area (Å²) in [7, 11) is 0. The average Bonchev–Trinajstić information content (AvgIpc) is 2.86. The minimum Gasteiger partial charge on any atom is -0.478 e. The highest BCUT2D eigenvalue weighted by Gasteiger charge is 2.41. The number of aliphatic carboxylic acids is 1. The van der Waals surface area contributed by atoms with Crippen LogP contribution in [-0.4, -0.2) is 41.1 Å². The van der Waals surface area contributed by atoms with Gasteiger partial charge in [-0.2, -0.15) is 5.26 Å². The number of hydrogen-bond acceptors (Lipinski definition) is 7. The summed E-state index contributed by atoms with van der Waals surface area (Å²) in [5.41, 5.74) is 0.178. The van der Waals surface area contributed by atoms with Crippen LogP contribution in [0.15, 0.2) is 72.8 Å². The number of anilines is 1. The number of nitrogens with zero attached hydrogens (tertiary/aromatic N) is 1. The van der Waals surface area contributed by atoms with Crippen molar-refractivity contribution in [2.24, 2.45) is 0 Å². The van der Waals surface area contributed by atoms with E-state index in [0.29, 0.717) is 5.56 Å². The van der Waals surface area contributed by atoms with E-state index in [1.54, 1.807) is 12.1 Å². The van der Waals surface area contributed by atoms with Crippen molar-refractivity contribution in [3.8, 4) is 6.07 Å². The van der Waals surface area contributed by atoms with Gasteiger partial charge in [-0.3, -0.25) is 4.79 Å². The number of carboxylic acid groups (broad SMARTS) is 1. The number of carbonyl (C=O) groups excluding carboxylic acids is 3. The lowest BCUT2D eigenvalue weighted by atomic mass is 10.1. The number of hydrogen-bond donors (Lipinski definition) is 2. The minimum absolute atomic E-state index is 0.00584. The van der Waals surface area contributed by atoms with Gasteiger partial charge in [-0.25, -0.2) is 14.4 Å². The van der Waals surface area contributed by atoms with Gasteiger partial charge in [0, 0.05) is 5.69 Å². The Morgan fingerprint density at radius 1 is 0.778 bits per heavy atom. The number of nitrogens with one attached hydrogen (secondary N) is 1. The quantitative estimate of drug-likeness (QED) is 0.412. The number of halogens is 2. The first-order chi connectivity index (χ1) is 17.2. The highest BCUT2D eigenvalue weighted by atomic mass is 35.5. The molecule has 9 nitrogen and oxygen atoms in total. The van der Waals surface area contributed by atoms with Gasteiger partial charge in [-0.1, -0.05) is 47.5 Å². The van der Waals surface area contributed by atoms with Crippen LogP contribution in [0.2, 0.25) is 10.0 Å². The lowest BCUT2D eigenvalue weighted by Gasteiger charge is -2.24. The molecule has 0 aromatic heterocycles. The van der Waals surface area contributed by atoms with E-state index < -0.39 is 36.0 Å². The number of carbonyl (C=O) groups is 4. The van der Waals surface area contributed by atoms with Crippen LogP contribution in [0.5, 0.6) is 0 Å². The van der Waals surface area contributed by atoms with Crippen LogP contribution in [0.1, 0.15) is 26.3 Å². The molecule has 0 radical (unpaired) electrons. The molecule has 1 amide bonds. The zero-order valence-electron chi connectivity index (χ0n) is 18.2. The fourth-order valence-corrected chi connectivity index (χ4v) is 3.37. The standard InChI is InChI=1S/C25H16Cl2N2O7/c26-18-7-3-1-5-16(18)24(33)35-20(22(30)29-15-11-9-14(13-28)10-12-15)21(23(31)32)36-25(34)17-6-2-4-8-19(17)27/h1-12,20-21H,(H,29,30)(H,31,32)/t20-,21-/m1/s1. The van der Waals surface area contributed by atoms with E-state index in [4.69, 9.17) is 37.9 Å². The molecular formula is C25H16Cl2N2O7. The van der Waals surface area contributed by atoms with Gasteiger partial charge in [0.25, 0.3) is 5.91 Å². The van der Waals surface area contributed by atoms with Gasteiger partial charge in [0.2, 0.25) is 12.2 Å². The third-order valence-electron chi connectivity index (χ3n) is 4.71. The van der Waals surface area contributed by atoms with Gasteiger partial charge in [-0.15, -0.1) is 0 Å². The van der Waals surface area contributed by atoms with Crippen LogP contribution in [0, 0.1) is 11.3 Å². The van der Waals surface area contributed by atoms with Gasteiger partial charge in [0.1, 0.15) is 0 Å². The zero-order chi connectivity index (χ0) is 26.2. The first kappa shape index (κ1) is 26.2. The molecule has 0 aliphatic heterocycles. The molecule has 0 bridgehead atoms. The largest absolute Gasteiger partial charge is 0.478 e. The van der Waals surface area contributed by atoms with E-state index in [1.807, 2.05) is 6.07 Å². The average molecular weight is 527 g/mol. The number of nitriles is 1. The van der Waals surface area contributed by atoms with E-state index in [0.717, 1.165) is 0 Å². The fraction of sp³-hybridized carbons (Fsp3) is 0.0800. The number of ether oxygens (including phenoxy) is 2. The molecule has 182 valence electrons. The van der Waals surface area contributed by atoms with E-state index in [9.17, 15) is 24.3 Å². The third kappa shape index (κ3) is 6.39. The molecule has 11 heteroatoms. The second kappa shape index (κ2) is 11.8. The summed E-state index contributed by atoms with van der Waals surface area (Å²) in [6.07, 6.45) is -4.38. The summed E-state index contributed by atoms with van der Waals surface area (Å²) in [4.78, 5) is 50.6. The summed E-state index contributed by atoms with van der Waals surface area (Å²) in [6, 6.07) is 19.0. The van der Waals surface area contributed by atoms with E-state index >= 15 is 0 Å². The summed E-state index contributed by atoms with van der Waals surface area (Å²) in [6.45, 7) is 0. The zero-order valence-corrected chi connectivity index (χ0v) is 19.7. The second-order valence-electron chi connectivity index (χ2n) is 7.13. The fourth-order valence-electron chi connectivity index (χ4n) is 2.95. The monoisotopic (exact) mass is 526 g/mol. The molecule has 3 aromatic carbocycles. The molecule has 36 heavy (non-hydrogen) atoms. The van der Waals surface area contributed by atoms with Crippen LogP contribution in [-0.2, 0) is 19.1 Å². The molecule has 0 saturated heterocycles. The molecule has 0 aliphatic rings. The Hall–Kier alpha value is -4.39. The highest BCUT2D eigenvalue weighted by Crippen LogP contribution is 2.21. The Balaban J connectivity index is 1.94. The summed E-state index contributed by atoms with van der Waals surface area (Å²) in [5, 5.41) is 21.1. The van der Waals surface area contributed by atoms with E-state index in [2.05, 4.69) is 5.32 Å². The topological polar surface area (TPSA) is 143 Å². The smallest absolute Gasteiger partial charge is 0.349 e. The molecule has 0 heterocycles. The van der Waals surface area contributed by atoms with Crippen LogP contribution in [0.3, 0.4) is 0 Å². The van der Waals surface area contributed by atoms with Crippen molar-refractivity contribution in [3.63, 3.8) is 0 Å².